The van der Waals surface area contributed by atoms with Gasteiger partial charge in [0.05, 0.1) is 18.6 Å². The molecule has 0 fully saturated rings. The number of aromatic nitrogens is 4. The molecule has 0 unspecified atom stereocenters. The van der Waals surface area contributed by atoms with Crippen molar-refractivity contribution in [2.45, 2.75) is 12.1 Å². The summed E-state index contributed by atoms with van der Waals surface area (Å²) in [5.74, 6) is 1.47. The molecule has 0 aliphatic rings. The lowest BCUT2D eigenvalue weighted by Crippen LogP contribution is -2.14. The molecule has 0 aliphatic carbocycles. The van der Waals surface area contributed by atoms with Crippen LogP contribution < -0.4 is 10.1 Å². The van der Waals surface area contributed by atoms with Crippen molar-refractivity contribution in [1.82, 2.24) is 19.7 Å². The number of hydrogen-bond donors (Lipinski definition) is 1. The number of nitrogens with one attached hydrogen (secondary N) is 1. The van der Waals surface area contributed by atoms with E-state index in [0.717, 1.165) is 22.7 Å². The topological polar surface area (TPSA) is 81.9 Å². The summed E-state index contributed by atoms with van der Waals surface area (Å²) in [5, 5.41) is 14.7. The van der Waals surface area contributed by atoms with Crippen molar-refractivity contribution in [2.24, 2.45) is 0 Å². The van der Waals surface area contributed by atoms with E-state index in [4.69, 9.17) is 4.74 Å². The fourth-order valence-electron chi connectivity index (χ4n) is 2.82. The summed E-state index contributed by atoms with van der Waals surface area (Å²) < 4.78 is 7.29. The second-order valence-corrected chi connectivity index (χ2v) is 8.14. The highest BCUT2D eigenvalue weighted by Gasteiger charge is 2.18. The molecular weight excluding hydrogens is 418 g/mol. The fourth-order valence-corrected chi connectivity index (χ4v) is 4.28. The Kier molecular flexibility index (Phi) is 6.10. The van der Waals surface area contributed by atoms with E-state index in [1.165, 1.54) is 23.1 Å². The van der Waals surface area contributed by atoms with E-state index in [9.17, 15) is 4.79 Å². The first-order chi connectivity index (χ1) is 14.6. The first-order valence-corrected chi connectivity index (χ1v) is 11.0. The molecule has 0 bridgehead atoms. The summed E-state index contributed by atoms with van der Waals surface area (Å²) in [7, 11) is 1.63. The van der Waals surface area contributed by atoms with Crippen LogP contribution >= 0.6 is 23.1 Å². The molecule has 1 amide bonds. The number of benzene rings is 2. The zero-order valence-electron chi connectivity index (χ0n) is 16.4. The molecular formula is C21H19N5O2S2. The van der Waals surface area contributed by atoms with E-state index in [0.29, 0.717) is 16.1 Å². The van der Waals surface area contributed by atoms with E-state index in [-0.39, 0.29) is 11.7 Å². The largest absolute Gasteiger partial charge is 0.497 e. The number of thioether (sulfide) groups is 1. The summed E-state index contributed by atoms with van der Waals surface area (Å²) in [6.07, 6.45) is 0. The molecule has 152 valence electrons. The van der Waals surface area contributed by atoms with Gasteiger partial charge in [0.2, 0.25) is 5.91 Å². The standard InChI is InChI=1S/C21H19N5O2S2/c1-14-12-29-20(22-14)23-18(27)13-30-21-25-24-19(15-7-6-10-17(11-15)28-2)26(21)16-8-4-3-5-9-16/h3-12H,13H2,1-2H3,(H,22,23,27). The van der Waals surface area contributed by atoms with Gasteiger partial charge in [0.1, 0.15) is 5.75 Å². The smallest absolute Gasteiger partial charge is 0.236 e. The number of amides is 1. The Morgan fingerprint density at radius 1 is 1.17 bits per heavy atom. The molecule has 0 radical (unpaired) electrons. The Labute approximate surface area is 182 Å². The van der Waals surface area contributed by atoms with Crippen molar-refractivity contribution in [3.05, 3.63) is 65.7 Å². The van der Waals surface area contributed by atoms with Crippen molar-refractivity contribution >= 4 is 34.1 Å². The summed E-state index contributed by atoms with van der Waals surface area (Å²) in [6, 6.07) is 17.5. The molecule has 0 saturated carbocycles. The van der Waals surface area contributed by atoms with Gasteiger partial charge in [-0.1, -0.05) is 42.1 Å². The molecule has 0 spiro atoms. The summed E-state index contributed by atoms with van der Waals surface area (Å²) >= 11 is 2.73. The predicted octanol–water partition coefficient (Wildman–Crippen LogP) is 4.44. The van der Waals surface area contributed by atoms with Gasteiger partial charge in [-0.15, -0.1) is 21.5 Å². The van der Waals surface area contributed by atoms with Crippen molar-refractivity contribution in [3.63, 3.8) is 0 Å². The minimum absolute atomic E-state index is 0.139. The number of aryl methyl sites for hydroxylation is 1. The van der Waals surface area contributed by atoms with Crippen LogP contribution in [0, 0.1) is 6.92 Å². The van der Waals surface area contributed by atoms with Crippen LogP contribution in [0.5, 0.6) is 5.75 Å². The van der Waals surface area contributed by atoms with Gasteiger partial charge in [-0.2, -0.15) is 0 Å². The van der Waals surface area contributed by atoms with E-state index < -0.39 is 0 Å². The monoisotopic (exact) mass is 437 g/mol. The fraction of sp³-hybridized carbons (Fsp3) is 0.143. The number of hydrogen-bond acceptors (Lipinski definition) is 7. The van der Waals surface area contributed by atoms with Crippen molar-refractivity contribution in [3.8, 4) is 22.8 Å². The van der Waals surface area contributed by atoms with Gasteiger partial charge in [0.25, 0.3) is 0 Å². The maximum atomic E-state index is 12.4. The van der Waals surface area contributed by atoms with E-state index in [1.807, 2.05) is 71.5 Å². The van der Waals surface area contributed by atoms with Gasteiger partial charge in [0.15, 0.2) is 16.1 Å². The number of methoxy groups -OCH3 is 1. The number of rotatable bonds is 7. The van der Waals surface area contributed by atoms with Crippen LogP contribution in [-0.2, 0) is 4.79 Å². The summed E-state index contributed by atoms with van der Waals surface area (Å²) in [6.45, 7) is 1.89. The molecule has 2 aromatic heterocycles. The Hall–Kier alpha value is -3.17. The molecule has 2 aromatic carbocycles. The van der Waals surface area contributed by atoms with Gasteiger partial charge < -0.3 is 10.1 Å². The van der Waals surface area contributed by atoms with Crippen LogP contribution in [0.25, 0.3) is 17.1 Å². The lowest BCUT2D eigenvalue weighted by molar-refractivity contribution is -0.113. The van der Waals surface area contributed by atoms with Crippen molar-refractivity contribution in [1.29, 1.82) is 0 Å². The summed E-state index contributed by atoms with van der Waals surface area (Å²) in [4.78, 5) is 16.6. The number of ether oxygens (including phenoxy) is 1. The first kappa shape index (κ1) is 20.1. The molecule has 4 rings (SSSR count). The molecule has 7 nitrogen and oxygen atoms in total. The lowest BCUT2D eigenvalue weighted by atomic mass is 10.2. The molecule has 9 heteroatoms. The zero-order chi connectivity index (χ0) is 20.9. The third-order valence-corrected chi connectivity index (χ3v) is 5.98. The minimum Gasteiger partial charge on any atom is -0.497 e. The lowest BCUT2D eigenvalue weighted by Gasteiger charge is -2.11. The quantitative estimate of drug-likeness (QED) is 0.431. The maximum absolute atomic E-state index is 12.4. The first-order valence-electron chi connectivity index (χ1n) is 9.14. The van der Waals surface area contributed by atoms with Crippen LogP contribution in [0.4, 0.5) is 5.13 Å². The predicted molar refractivity (Wildman–Crippen MR) is 120 cm³/mol. The second kappa shape index (κ2) is 9.10. The Morgan fingerprint density at radius 3 is 2.73 bits per heavy atom. The highest BCUT2D eigenvalue weighted by atomic mass is 32.2. The molecule has 1 N–H and O–H groups in total. The maximum Gasteiger partial charge on any atom is 0.236 e. The van der Waals surface area contributed by atoms with E-state index in [1.54, 1.807) is 7.11 Å². The van der Waals surface area contributed by atoms with Crippen LogP contribution in [0.2, 0.25) is 0 Å². The van der Waals surface area contributed by atoms with Gasteiger partial charge >= 0.3 is 0 Å². The number of para-hydroxylation sites is 1. The van der Waals surface area contributed by atoms with Crippen LogP contribution in [0.15, 0.2) is 65.1 Å². The molecule has 0 aliphatic heterocycles. The number of anilines is 1. The zero-order valence-corrected chi connectivity index (χ0v) is 18.0. The molecule has 30 heavy (non-hydrogen) atoms. The summed E-state index contributed by atoms with van der Waals surface area (Å²) in [5.41, 5.74) is 2.67. The van der Waals surface area contributed by atoms with Crippen LogP contribution in [0.1, 0.15) is 5.69 Å². The molecule has 2 heterocycles. The Balaban J connectivity index is 1.61. The van der Waals surface area contributed by atoms with E-state index in [2.05, 4.69) is 20.5 Å². The average Bonchev–Trinajstić information content (AvgIpc) is 3.39. The van der Waals surface area contributed by atoms with Gasteiger partial charge in [-0.05, 0) is 31.2 Å². The number of carbonyl (C=O) groups excluding carboxylic acids is 1. The highest BCUT2D eigenvalue weighted by Crippen LogP contribution is 2.29. The third kappa shape index (κ3) is 4.52. The molecule has 0 saturated heterocycles. The molecule has 4 aromatic rings. The Bertz CT molecular complexity index is 1160. The number of nitrogens with zero attached hydrogens (tertiary/aromatic N) is 4. The van der Waals surface area contributed by atoms with Crippen LogP contribution in [0.3, 0.4) is 0 Å². The Morgan fingerprint density at radius 2 is 2.00 bits per heavy atom. The minimum atomic E-state index is -0.139. The van der Waals surface area contributed by atoms with Crippen LogP contribution in [-0.4, -0.2) is 38.5 Å². The SMILES string of the molecule is COc1cccc(-c2nnc(SCC(=O)Nc3nc(C)cs3)n2-c2ccccc2)c1. The van der Waals surface area contributed by atoms with Gasteiger partial charge in [0, 0.05) is 16.6 Å². The van der Waals surface area contributed by atoms with Crippen molar-refractivity contribution in [2.75, 3.05) is 18.2 Å². The highest BCUT2D eigenvalue weighted by molar-refractivity contribution is 7.99. The van der Waals surface area contributed by atoms with E-state index >= 15 is 0 Å². The normalized spacial score (nSPS) is 10.7. The second-order valence-electron chi connectivity index (χ2n) is 6.34. The van der Waals surface area contributed by atoms with Gasteiger partial charge in [-0.3, -0.25) is 9.36 Å². The third-order valence-electron chi connectivity index (χ3n) is 4.17. The number of thiazole rings is 1. The number of carbonyl (C=O) groups is 1. The average molecular weight is 438 g/mol. The van der Waals surface area contributed by atoms with Crippen molar-refractivity contribution < 1.29 is 9.53 Å². The molecule has 0 atom stereocenters. The van der Waals surface area contributed by atoms with Gasteiger partial charge in [-0.25, -0.2) is 4.98 Å².